The lowest BCUT2D eigenvalue weighted by molar-refractivity contribution is 0.0977. The average Bonchev–Trinajstić information content (AvgIpc) is 2.57. The van der Waals surface area contributed by atoms with Gasteiger partial charge in [0, 0.05) is 10.0 Å². The summed E-state index contributed by atoms with van der Waals surface area (Å²) in [5, 5.41) is 5.90. The molecule has 2 aromatic carbocycles. The van der Waals surface area contributed by atoms with Crippen LogP contribution in [0.2, 0.25) is 0 Å². The summed E-state index contributed by atoms with van der Waals surface area (Å²) in [7, 11) is 0. The second-order valence-corrected chi connectivity index (χ2v) is 6.52. The number of para-hydroxylation sites is 1. The predicted octanol–water partition coefficient (Wildman–Crippen LogP) is 4.75. The van der Waals surface area contributed by atoms with Crippen LogP contribution in [0.1, 0.15) is 30.6 Å². The van der Waals surface area contributed by atoms with Crippen LogP contribution in [0.15, 0.2) is 53.0 Å². The van der Waals surface area contributed by atoms with Crippen LogP contribution in [0.25, 0.3) is 0 Å². The Bertz CT molecular complexity index is 736. The number of hydrogen-bond acceptors (Lipinski definition) is 3. The minimum atomic E-state index is -0.283. The number of hydrogen-bond donors (Lipinski definition) is 2. The molecule has 4 nitrogen and oxygen atoms in total. The van der Waals surface area contributed by atoms with Crippen molar-refractivity contribution in [1.29, 1.82) is 0 Å². The number of anilines is 1. The van der Waals surface area contributed by atoms with Crippen molar-refractivity contribution in [1.82, 2.24) is 5.32 Å². The first-order chi connectivity index (χ1) is 11.5. The quantitative estimate of drug-likeness (QED) is 0.703. The Balaban J connectivity index is 2.00. The molecule has 2 rings (SSSR count). The van der Waals surface area contributed by atoms with Gasteiger partial charge in [-0.3, -0.25) is 10.1 Å². The first-order valence-corrected chi connectivity index (χ1v) is 8.83. The van der Waals surface area contributed by atoms with E-state index in [0.717, 1.165) is 16.6 Å². The topological polar surface area (TPSA) is 50.4 Å². The normalized spacial score (nSPS) is 11.5. The van der Waals surface area contributed by atoms with Crippen LogP contribution in [0, 0.1) is 0 Å². The molecule has 0 aromatic heterocycles. The van der Waals surface area contributed by atoms with E-state index in [1.807, 2.05) is 44.2 Å². The Morgan fingerprint density at radius 3 is 2.71 bits per heavy atom. The second kappa shape index (κ2) is 8.80. The highest BCUT2D eigenvalue weighted by molar-refractivity contribution is 9.10. The minimum Gasteiger partial charge on any atom is -0.491 e. The Morgan fingerprint density at radius 1 is 1.25 bits per heavy atom. The molecular formula is C18H19BrN2O2S. The Morgan fingerprint density at radius 2 is 2.00 bits per heavy atom. The molecule has 24 heavy (non-hydrogen) atoms. The summed E-state index contributed by atoms with van der Waals surface area (Å²) in [6.07, 6.45) is 0.998. The van der Waals surface area contributed by atoms with Crippen molar-refractivity contribution >= 4 is 44.9 Å². The fraction of sp³-hybridized carbons (Fsp3) is 0.222. The van der Waals surface area contributed by atoms with Gasteiger partial charge in [-0.1, -0.05) is 25.1 Å². The van der Waals surface area contributed by atoms with Crippen molar-refractivity contribution in [2.24, 2.45) is 0 Å². The highest BCUT2D eigenvalue weighted by atomic mass is 79.9. The van der Waals surface area contributed by atoms with Crippen molar-refractivity contribution in [2.75, 3.05) is 5.32 Å². The van der Waals surface area contributed by atoms with Gasteiger partial charge < -0.3 is 10.1 Å². The lowest BCUT2D eigenvalue weighted by Gasteiger charge is -2.14. The summed E-state index contributed by atoms with van der Waals surface area (Å²) >= 11 is 8.62. The number of nitrogens with one attached hydrogen (secondary N) is 2. The number of rotatable bonds is 5. The number of thiocarbonyl (C=S) groups is 1. The molecule has 1 amide bonds. The van der Waals surface area contributed by atoms with Gasteiger partial charge >= 0.3 is 0 Å². The zero-order chi connectivity index (χ0) is 17.5. The second-order valence-electron chi connectivity index (χ2n) is 5.25. The molecule has 0 spiro atoms. The molecule has 2 aromatic rings. The third-order valence-corrected chi connectivity index (χ3v) is 4.25. The Kier molecular flexibility index (Phi) is 6.75. The molecule has 0 heterocycles. The lowest BCUT2D eigenvalue weighted by Crippen LogP contribution is -2.34. The molecule has 2 N–H and O–H groups in total. The smallest absolute Gasteiger partial charge is 0.257 e. The number of benzene rings is 2. The molecule has 0 aliphatic heterocycles. The zero-order valence-corrected chi connectivity index (χ0v) is 15.9. The minimum absolute atomic E-state index is 0.0986. The van der Waals surface area contributed by atoms with Gasteiger partial charge in [0.2, 0.25) is 0 Å². The molecule has 0 bridgehead atoms. The molecule has 1 atom stereocenters. The molecular weight excluding hydrogens is 388 g/mol. The van der Waals surface area contributed by atoms with Crippen molar-refractivity contribution in [3.8, 4) is 5.75 Å². The monoisotopic (exact) mass is 406 g/mol. The molecule has 0 aliphatic carbocycles. The maximum absolute atomic E-state index is 12.3. The highest BCUT2D eigenvalue weighted by Crippen LogP contribution is 2.21. The van der Waals surface area contributed by atoms with Gasteiger partial charge in [0.25, 0.3) is 5.91 Å². The number of amides is 1. The van der Waals surface area contributed by atoms with Crippen LogP contribution in [-0.4, -0.2) is 17.1 Å². The third kappa shape index (κ3) is 5.32. The maximum Gasteiger partial charge on any atom is 0.257 e. The van der Waals surface area contributed by atoms with E-state index in [2.05, 4.69) is 26.6 Å². The molecule has 0 saturated carbocycles. The van der Waals surface area contributed by atoms with Gasteiger partial charge in [0.15, 0.2) is 5.11 Å². The Hall–Kier alpha value is -1.92. The Labute approximate surface area is 155 Å². The van der Waals surface area contributed by atoms with Gasteiger partial charge in [0.05, 0.1) is 11.8 Å². The van der Waals surface area contributed by atoms with E-state index in [9.17, 15) is 4.79 Å². The molecule has 0 aliphatic rings. The van der Waals surface area contributed by atoms with E-state index in [0.29, 0.717) is 11.3 Å². The number of halogens is 1. The van der Waals surface area contributed by atoms with Gasteiger partial charge in [0.1, 0.15) is 5.75 Å². The van der Waals surface area contributed by atoms with Crippen LogP contribution in [0.4, 0.5) is 5.69 Å². The van der Waals surface area contributed by atoms with Crippen LogP contribution < -0.4 is 15.4 Å². The molecule has 0 saturated heterocycles. The zero-order valence-electron chi connectivity index (χ0n) is 13.5. The van der Waals surface area contributed by atoms with Gasteiger partial charge in [-0.05, 0) is 71.8 Å². The fourth-order valence-corrected chi connectivity index (χ4v) is 2.50. The maximum atomic E-state index is 12.3. The van der Waals surface area contributed by atoms with E-state index < -0.39 is 0 Å². The SMILES string of the molecule is CCC(C)Oc1cccc(C(=O)NC(=S)Nc2ccccc2Br)c1. The van der Waals surface area contributed by atoms with Crippen molar-refractivity contribution in [2.45, 2.75) is 26.4 Å². The van der Waals surface area contributed by atoms with E-state index in [4.69, 9.17) is 17.0 Å². The van der Waals surface area contributed by atoms with Crippen LogP contribution in [-0.2, 0) is 0 Å². The predicted molar refractivity (Wildman–Crippen MR) is 105 cm³/mol. The highest BCUT2D eigenvalue weighted by Gasteiger charge is 2.10. The third-order valence-electron chi connectivity index (χ3n) is 3.36. The summed E-state index contributed by atoms with van der Waals surface area (Å²) in [5.74, 6) is 0.385. The first-order valence-electron chi connectivity index (χ1n) is 7.63. The molecule has 0 radical (unpaired) electrons. The molecule has 1 unspecified atom stereocenters. The molecule has 126 valence electrons. The standard InChI is InChI=1S/C18H19BrN2O2S/c1-3-12(2)23-14-8-6-7-13(11-14)17(22)21-18(24)20-16-10-5-4-9-15(16)19/h4-12H,3H2,1-2H3,(H2,20,21,22,24). The number of carbonyl (C=O) groups is 1. The summed E-state index contributed by atoms with van der Waals surface area (Å²) in [4.78, 5) is 12.3. The van der Waals surface area contributed by atoms with Gasteiger partial charge in [-0.2, -0.15) is 0 Å². The lowest BCUT2D eigenvalue weighted by atomic mass is 10.2. The van der Waals surface area contributed by atoms with Crippen molar-refractivity contribution in [3.05, 3.63) is 58.6 Å². The van der Waals surface area contributed by atoms with Crippen molar-refractivity contribution in [3.63, 3.8) is 0 Å². The van der Waals surface area contributed by atoms with Gasteiger partial charge in [-0.15, -0.1) is 0 Å². The van der Waals surface area contributed by atoms with Crippen molar-refractivity contribution < 1.29 is 9.53 Å². The van der Waals surface area contributed by atoms with Crippen LogP contribution in [0.5, 0.6) is 5.75 Å². The average molecular weight is 407 g/mol. The number of carbonyl (C=O) groups excluding carboxylic acids is 1. The van der Waals surface area contributed by atoms with Crippen LogP contribution in [0.3, 0.4) is 0 Å². The van der Waals surface area contributed by atoms with E-state index in [-0.39, 0.29) is 17.1 Å². The fourth-order valence-electron chi connectivity index (χ4n) is 1.92. The summed E-state index contributed by atoms with van der Waals surface area (Å²) < 4.78 is 6.60. The largest absolute Gasteiger partial charge is 0.491 e. The number of ether oxygens (including phenoxy) is 1. The summed E-state index contributed by atoms with van der Waals surface area (Å²) in [5.41, 5.74) is 1.28. The van der Waals surface area contributed by atoms with Gasteiger partial charge in [-0.25, -0.2) is 0 Å². The first kappa shape index (κ1) is 18.4. The van der Waals surface area contributed by atoms with Crippen LogP contribution >= 0.6 is 28.1 Å². The summed E-state index contributed by atoms with van der Waals surface area (Å²) in [6.45, 7) is 4.04. The van der Waals surface area contributed by atoms with E-state index in [1.165, 1.54) is 0 Å². The van der Waals surface area contributed by atoms with E-state index >= 15 is 0 Å². The summed E-state index contributed by atoms with van der Waals surface area (Å²) in [6, 6.07) is 14.6. The van der Waals surface area contributed by atoms with E-state index in [1.54, 1.807) is 18.2 Å². The molecule has 0 fully saturated rings. The molecule has 6 heteroatoms.